The van der Waals surface area contributed by atoms with Crippen LogP contribution in [0.1, 0.15) is 37.6 Å². The molecule has 0 N–H and O–H groups in total. The first-order valence-corrected chi connectivity index (χ1v) is 11.3. The van der Waals surface area contributed by atoms with E-state index in [0.29, 0.717) is 43.9 Å². The van der Waals surface area contributed by atoms with Crippen molar-refractivity contribution in [2.45, 2.75) is 39.7 Å². The van der Waals surface area contributed by atoms with Gasteiger partial charge in [-0.15, -0.1) is 11.3 Å². The second kappa shape index (κ2) is 10.5. The highest BCUT2D eigenvalue weighted by molar-refractivity contribution is 7.11. The molecule has 0 atom stereocenters. The van der Waals surface area contributed by atoms with E-state index < -0.39 is 0 Å². The molecule has 1 aliphatic heterocycles. The van der Waals surface area contributed by atoms with Crippen molar-refractivity contribution in [2.24, 2.45) is 0 Å². The first-order valence-electron chi connectivity index (χ1n) is 10.4. The summed E-state index contributed by atoms with van der Waals surface area (Å²) < 4.78 is 5.58. The number of hydrogen-bond acceptors (Lipinski definition) is 6. The van der Waals surface area contributed by atoms with Crippen molar-refractivity contribution < 1.29 is 14.3 Å². The number of thiophene rings is 1. The van der Waals surface area contributed by atoms with E-state index in [1.165, 1.54) is 16.2 Å². The predicted molar refractivity (Wildman–Crippen MR) is 119 cm³/mol. The Morgan fingerprint density at radius 3 is 2.57 bits per heavy atom. The molecule has 0 saturated carbocycles. The lowest BCUT2D eigenvalue weighted by molar-refractivity contribution is -0.137. The summed E-state index contributed by atoms with van der Waals surface area (Å²) in [4.78, 5) is 34.8. The van der Waals surface area contributed by atoms with Crippen molar-refractivity contribution in [3.8, 4) is 0 Å². The summed E-state index contributed by atoms with van der Waals surface area (Å²) in [5, 5.41) is 1.93. The molecule has 0 aliphatic carbocycles. The molecule has 0 saturated heterocycles. The Hall–Kier alpha value is -2.51. The Labute approximate surface area is 182 Å². The van der Waals surface area contributed by atoms with E-state index in [-0.39, 0.29) is 17.9 Å². The molecule has 3 rings (SSSR count). The summed E-state index contributed by atoms with van der Waals surface area (Å²) in [5.41, 5.74) is 2.20. The smallest absolute Gasteiger partial charge is 0.277 e. The lowest BCUT2D eigenvalue weighted by Gasteiger charge is -2.24. The molecule has 2 aromatic rings. The van der Waals surface area contributed by atoms with Crippen molar-refractivity contribution in [1.82, 2.24) is 14.8 Å². The Morgan fingerprint density at radius 2 is 1.93 bits per heavy atom. The molecule has 30 heavy (non-hydrogen) atoms. The minimum Gasteiger partial charge on any atom is -0.379 e. The minimum absolute atomic E-state index is 0.133. The highest BCUT2D eigenvalue weighted by Gasteiger charge is 2.41. The Bertz CT molecular complexity index is 878. The van der Waals surface area contributed by atoms with E-state index in [2.05, 4.69) is 4.98 Å². The maximum Gasteiger partial charge on any atom is 0.277 e. The number of pyridine rings is 1. The fourth-order valence-electron chi connectivity index (χ4n) is 3.49. The summed E-state index contributed by atoms with van der Waals surface area (Å²) >= 11 is 1.49. The zero-order valence-corrected chi connectivity index (χ0v) is 18.7. The molecule has 0 radical (unpaired) electrons. The van der Waals surface area contributed by atoms with Gasteiger partial charge in [-0.1, -0.05) is 6.07 Å². The van der Waals surface area contributed by atoms with Gasteiger partial charge in [0.15, 0.2) is 0 Å². The van der Waals surface area contributed by atoms with Crippen LogP contribution in [-0.4, -0.2) is 58.9 Å². The molecule has 0 aromatic carbocycles. The van der Waals surface area contributed by atoms with Crippen molar-refractivity contribution in [3.05, 3.63) is 58.2 Å². The van der Waals surface area contributed by atoms with Crippen LogP contribution in [0.5, 0.6) is 0 Å². The topological polar surface area (TPSA) is 62.7 Å². The average Bonchev–Trinajstić information content (AvgIpc) is 3.34. The molecule has 1 aliphatic rings. The zero-order valence-electron chi connectivity index (χ0n) is 17.8. The summed E-state index contributed by atoms with van der Waals surface area (Å²) in [6.45, 7) is 8.17. The molecule has 2 amide bonds. The zero-order chi connectivity index (χ0) is 21.5. The number of amides is 2. The molecule has 0 bridgehead atoms. The van der Waals surface area contributed by atoms with Crippen LogP contribution in [0.25, 0.3) is 5.57 Å². The van der Waals surface area contributed by atoms with Gasteiger partial charge in [-0.2, -0.15) is 0 Å². The first-order chi connectivity index (χ1) is 14.5. The van der Waals surface area contributed by atoms with Gasteiger partial charge in [-0.3, -0.25) is 19.5 Å². The number of imide groups is 1. The van der Waals surface area contributed by atoms with Gasteiger partial charge < -0.3 is 9.64 Å². The fourth-order valence-corrected chi connectivity index (χ4v) is 4.25. The molecule has 0 fully saturated rings. The van der Waals surface area contributed by atoms with Gasteiger partial charge >= 0.3 is 0 Å². The summed E-state index contributed by atoms with van der Waals surface area (Å²) in [5.74, 6) is -0.408. The molecular formula is C23H29N3O3S. The maximum atomic E-state index is 13.3. The second-order valence-corrected chi connectivity index (χ2v) is 8.37. The molecule has 6 nitrogen and oxygen atoms in total. The van der Waals surface area contributed by atoms with E-state index in [1.807, 2.05) is 55.3 Å². The molecular weight excluding hydrogens is 398 g/mol. The lowest BCUT2D eigenvalue weighted by atomic mass is 10.1. The lowest BCUT2D eigenvalue weighted by Crippen LogP contribution is -2.37. The van der Waals surface area contributed by atoms with Crippen LogP contribution in [0.2, 0.25) is 0 Å². The number of ether oxygens (including phenoxy) is 1. The highest BCUT2D eigenvalue weighted by atomic mass is 32.1. The van der Waals surface area contributed by atoms with Crippen LogP contribution in [0.15, 0.2) is 47.7 Å². The monoisotopic (exact) mass is 427 g/mol. The number of aromatic nitrogens is 1. The van der Waals surface area contributed by atoms with Gasteiger partial charge in [0, 0.05) is 43.5 Å². The van der Waals surface area contributed by atoms with Gasteiger partial charge in [0.05, 0.1) is 11.7 Å². The normalized spacial score (nSPS) is 14.3. The van der Waals surface area contributed by atoms with Gasteiger partial charge in [-0.25, -0.2) is 0 Å². The minimum atomic E-state index is -0.204. The van der Waals surface area contributed by atoms with Gasteiger partial charge in [0.1, 0.15) is 5.70 Å². The van der Waals surface area contributed by atoms with Crippen molar-refractivity contribution in [1.29, 1.82) is 0 Å². The number of carbonyl (C=O) groups is 2. The third-order valence-electron chi connectivity index (χ3n) is 5.01. The van der Waals surface area contributed by atoms with Crippen LogP contribution in [0.4, 0.5) is 0 Å². The summed E-state index contributed by atoms with van der Waals surface area (Å²) in [7, 11) is 0. The number of nitrogens with zero attached hydrogens (tertiary/aromatic N) is 3. The van der Waals surface area contributed by atoms with E-state index in [4.69, 9.17) is 4.74 Å². The van der Waals surface area contributed by atoms with E-state index in [1.54, 1.807) is 12.4 Å². The van der Waals surface area contributed by atoms with Crippen LogP contribution >= 0.6 is 11.3 Å². The molecule has 0 unspecified atom stereocenters. The standard InChI is InChI=1S/C23H29N3O3S/c1-4-25(14-10-18-8-11-24-12-9-18)21-20(19-7-5-16-30-19)22(27)26(23(21)28)13-6-15-29-17(2)3/h5,7-9,11-12,16-17H,4,6,10,13-15H2,1-3H3. The second-order valence-electron chi connectivity index (χ2n) is 7.42. The molecule has 160 valence electrons. The van der Waals surface area contributed by atoms with Gasteiger partial charge in [-0.05, 0) is 62.8 Å². The molecule has 7 heteroatoms. The van der Waals surface area contributed by atoms with Crippen LogP contribution in [0, 0.1) is 0 Å². The van der Waals surface area contributed by atoms with E-state index >= 15 is 0 Å². The number of likely N-dealkylation sites (N-methyl/N-ethyl adjacent to an activating group) is 1. The molecule has 2 aromatic heterocycles. The third-order valence-corrected chi connectivity index (χ3v) is 5.89. The quantitative estimate of drug-likeness (QED) is 0.405. The molecule has 3 heterocycles. The third kappa shape index (κ3) is 5.15. The average molecular weight is 428 g/mol. The van der Waals surface area contributed by atoms with Crippen molar-refractivity contribution in [2.75, 3.05) is 26.2 Å². The summed E-state index contributed by atoms with van der Waals surface area (Å²) in [6, 6.07) is 7.78. The van der Waals surface area contributed by atoms with Gasteiger partial charge in [0.25, 0.3) is 11.8 Å². The molecule has 0 spiro atoms. The van der Waals surface area contributed by atoms with Crippen molar-refractivity contribution >= 4 is 28.7 Å². The number of hydrogen-bond donors (Lipinski definition) is 0. The Balaban J connectivity index is 1.81. The SMILES string of the molecule is CCN(CCc1ccncc1)C1=C(c2cccs2)C(=O)N(CCCOC(C)C)C1=O. The fraction of sp³-hybridized carbons (Fsp3) is 0.435. The number of carbonyl (C=O) groups excluding carboxylic acids is 2. The Morgan fingerprint density at radius 1 is 1.17 bits per heavy atom. The maximum absolute atomic E-state index is 13.3. The predicted octanol–water partition coefficient (Wildman–Crippen LogP) is 3.60. The van der Waals surface area contributed by atoms with E-state index in [0.717, 1.165) is 16.9 Å². The van der Waals surface area contributed by atoms with Crippen molar-refractivity contribution in [3.63, 3.8) is 0 Å². The first kappa shape index (κ1) is 22.2. The number of rotatable bonds is 11. The van der Waals surface area contributed by atoms with Crippen LogP contribution < -0.4 is 0 Å². The summed E-state index contributed by atoms with van der Waals surface area (Å²) in [6.07, 6.45) is 5.08. The largest absolute Gasteiger partial charge is 0.379 e. The Kier molecular flexibility index (Phi) is 7.76. The van der Waals surface area contributed by atoms with Crippen LogP contribution in [0.3, 0.4) is 0 Å². The van der Waals surface area contributed by atoms with E-state index in [9.17, 15) is 9.59 Å². The van der Waals surface area contributed by atoms with Gasteiger partial charge in [0.2, 0.25) is 0 Å². The van der Waals surface area contributed by atoms with Crippen LogP contribution in [-0.2, 0) is 20.7 Å². The highest BCUT2D eigenvalue weighted by Crippen LogP contribution is 2.34.